The standard InChI is InChI=1S/C5H12N2/c1-5(2)3-4-7-6/h7H,1,3-4,6H2,2H3. The second kappa shape index (κ2) is 3.84. The molecule has 0 spiro atoms. The average Bonchev–Trinajstić information content (AvgIpc) is 1.61. The number of hydrogen-bond donors (Lipinski definition) is 2. The molecule has 0 unspecified atom stereocenters. The van der Waals surface area contributed by atoms with E-state index in [9.17, 15) is 0 Å². The highest BCUT2D eigenvalue weighted by Gasteiger charge is 1.80. The van der Waals surface area contributed by atoms with E-state index in [1.807, 2.05) is 6.92 Å². The van der Waals surface area contributed by atoms with Crippen LogP contribution in [0.1, 0.15) is 13.3 Å². The minimum absolute atomic E-state index is 0.829. The van der Waals surface area contributed by atoms with Crippen molar-refractivity contribution in [2.75, 3.05) is 6.54 Å². The molecule has 3 N–H and O–H groups in total. The molecule has 0 radical (unpaired) electrons. The van der Waals surface area contributed by atoms with Crippen LogP contribution in [0.5, 0.6) is 0 Å². The number of nitrogens with two attached hydrogens (primary N) is 1. The molecule has 0 rings (SSSR count). The lowest BCUT2D eigenvalue weighted by Crippen LogP contribution is -2.22. The number of rotatable bonds is 3. The van der Waals surface area contributed by atoms with Crippen molar-refractivity contribution < 1.29 is 0 Å². The molecule has 0 saturated heterocycles. The van der Waals surface area contributed by atoms with Crippen LogP contribution in [0.2, 0.25) is 0 Å². The van der Waals surface area contributed by atoms with Crippen LogP contribution in [0.25, 0.3) is 0 Å². The molecular formula is C5H12N2. The molecule has 7 heavy (non-hydrogen) atoms. The number of nitrogens with one attached hydrogen (secondary N) is 1. The van der Waals surface area contributed by atoms with Crippen molar-refractivity contribution in [2.24, 2.45) is 5.84 Å². The fourth-order valence-corrected chi connectivity index (χ4v) is 0.286. The van der Waals surface area contributed by atoms with Gasteiger partial charge in [0.1, 0.15) is 0 Å². The van der Waals surface area contributed by atoms with Crippen LogP contribution < -0.4 is 11.3 Å². The number of hydrazine groups is 1. The first-order chi connectivity index (χ1) is 3.27. The third-order valence-electron chi connectivity index (χ3n) is 0.696. The lowest BCUT2D eigenvalue weighted by molar-refractivity contribution is 0.725. The predicted octanol–water partition coefficient (Wildman–Crippen LogP) is 0.416. The van der Waals surface area contributed by atoms with Gasteiger partial charge in [0.2, 0.25) is 0 Å². The Hall–Kier alpha value is -0.340. The highest BCUT2D eigenvalue weighted by Crippen LogP contribution is 1.89. The van der Waals surface area contributed by atoms with Crippen molar-refractivity contribution in [3.05, 3.63) is 12.2 Å². The molecule has 0 atom stereocenters. The molecule has 0 amide bonds. The Kier molecular flexibility index (Phi) is 3.65. The highest BCUT2D eigenvalue weighted by molar-refractivity contribution is 4.87. The van der Waals surface area contributed by atoms with Crippen molar-refractivity contribution >= 4 is 0 Å². The van der Waals surface area contributed by atoms with Crippen LogP contribution in [0.4, 0.5) is 0 Å². The predicted molar refractivity (Wildman–Crippen MR) is 31.6 cm³/mol. The van der Waals surface area contributed by atoms with Crippen LogP contribution in [0.3, 0.4) is 0 Å². The van der Waals surface area contributed by atoms with Gasteiger partial charge in [-0.15, -0.1) is 6.58 Å². The van der Waals surface area contributed by atoms with Crippen LogP contribution in [0.15, 0.2) is 12.2 Å². The summed E-state index contributed by atoms with van der Waals surface area (Å²) in [4.78, 5) is 0. The van der Waals surface area contributed by atoms with E-state index in [4.69, 9.17) is 5.84 Å². The zero-order valence-electron chi connectivity index (χ0n) is 4.70. The quantitative estimate of drug-likeness (QED) is 0.306. The fraction of sp³-hybridized carbons (Fsp3) is 0.600. The van der Waals surface area contributed by atoms with Crippen molar-refractivity contribution in [3.8, 4) is 0 Å². The van der Waals surface area contributed by atoms with Crippen LogP contribution in [-0.4, -0.2) is 6.54 Å². The third-order valence-corrected chi connectivity index (χ3v) is 0.696. The normalized spacial score (nSPS) is 8.86. The molecule has 0 fully saturated rings. The fourth-order valence-electron chi connectivity index (χ4n) is 0.286. The molecule has 0 aromatic carbocycles. The average molecular weight is 100 g/mol. The summed E-state index contributed by atoms with van der Waals surface area (Å²) in [6, 6.07) is 0. The molecule has 2 heteroatoms. The third kappa shape index (κ3) is 5.66. The van der Waals surface area contributed by atoms with Crippen molar-refractivity contribution in [2.45, 2.75) is 13.3 Å². The summed E-state index contributed by atoms with van der Waals surface area (Å²) in [6.07, 6.45) is 0.969. The van der Waals surface area contributed by atoms with E-state index < -0.39 is 0 Å². The van der Waals surface area contributed by atoms with Gasteiger partial charge in [0, 0.05) is 6.54 Å². The van der Waals surface area contributed by atoms with Gasteiger partial charge in [0.05, 0.1) is 0 Å². The zero-order chi connectivity index (χ0) is 5.70. The van der Waals surface area contributed by atoms with Crippen molar-refractivity contribution in [1.29, 1.82) is 0 Å². The maximum atomic E-state index is 4.99. The van der Waals surface area contributed by atoms with Gasteiger partial charge in [0.25, 0.3) is 0 Å². The molecule has 42 valence electrons. The Morgan fingerprint density at radius 2 is 2.43 bits per heavy atom. The maximum absolute atomic E-state index is 4.99. The molecule has 0 aliphatic carbocycles. The largest absolute Gasteiger partial charge is 0.271 e. The summed E-state index contributed by atoms with van der Waals surface area (Å²) >= 11 is 0. The summed E-state index contributed by atoms with van der Waals surface area (Å²) < 4.78 is 0. The summed E-state index contributed by atoms with van der Waals surface area (Å²) in [5.41, 5.74) is 3.70. The van der Waals surface area contributed by atoms with Gasteiger partial charge in [-0.3, -0.25) is 11.3 Å². The van der Waals surface area contributed by atoms with Gasteiger partial charge in [0.15, 0.2) is 0 Å². The Bertz CT molecular complexity index is 59.1. The summed E-state index contributed by atoms with van der Waals surface area (Å²) in [5.74, 6) is 4.99. The van der Waals surface area contributed by atoms with Gasteiger partial charge in [-0.1, -0.05) is 5.57 Å². The molecule has 0 aromatic heterocycles. The van der Waals surface area contributed by atoms with Gasteiger partial charge >= 0.3 is 0 Å². The highest BCUT2D eigenvalue weighted by atomic mass is 15.2. The molecule has 0 aliphatic heterocycles. The molecule has 0 saturated carbocycles. The minimum Gasteiger partial charge on any atom is -0.271 e. The van der Waals surface area contributed by atoms with E-state index in [2.05, 4.69) is 12.0 Å². The summed E-state index contributed by atoms with van der Waals surface area (Å²) in [5, 5.41) is 0. The lowest BCUT2D eigenvalue weighted by Gasteiger charge is -1.94. The van der Waals surface area contributed by atoms with E-state index in [1.54, 1.807) is 0 Å². The van der Waals surface area contributed by atoms with E-state index in [-0.39, 0.29) is 0 Å². The van der Waals surface area contributed by atoms with Gasteiger partial charge in [-0.05, 0) is 13.3 Å². The Labute approximate surface area is 44.4 Å². The van der Waals surface area contributed by atoms with Crippen molar-refractivity contribution in [1.82, 2.24) is 5.43 Å². The van der Waals surface area contributed by atoms with Gasteiger partial charge in [-0.25, -0.2) is 0 Å². The summed E-state index contributed by atoms with van der Waals surface area (Å²) in [7, 11) is 0. The zero-order valence-corrected chi connectivity index (χ0v) is 4.70. The Morgan fingerprint density at radius 1 is 1.86 bits per heavy atom. The molecular weight excluding hydrogens is 88.1 g/mol. The number of hydrogen-bond acceptors (Lipinski definition) is 2. The summed E-state index contributed by atoms with van der Waals surface area (Å²) in [6.45, 7) is 6.51. The molecule has 0 aliphatic rings. The van der Waals surface area contributed by atoms with E-state index in [0.717, 1.165) is 18.5 Å². The Morgan fingerprint density at radius 3 is 2.57 bits per heavy atom. The minimum atomic E-state index is 0.829. The molecule has 0 aromatic rings. The van der Waals surface area contributed by atoms with Gasteiger partial charge in [-0.2, -0.15) is 0 Å². The van der Waals surface area contributed by atoms with Crippen LogP contribution >= 0.6 is 0 Å². The van der Waals surface area contributed by atoms with Crippen LogP contribution in [0, 0.1) is 0 Å². The Balaban J connectivity index is 2.82. The van der Waals surface area contributed by atoms with E-state index in [0.29, 0.717) is 0 Å². The second-order valence-electron chi connectivity index (χ2n) is 1.66. The van der Waals surface area contributed by atoms with E-state index in [1.165, 1.54) is 0 Å². The monoisotopic (exact) mass is 100 g/mol. The lowest BCUT2D eigenvalue weighted by atomic mass is 10.2. The second-order valence-corrected chi connectivity index (χ2v) is 1.66. The topological polar surface area (TPSA) is 38.0 Å². The smallest absolute Gasteiger partial charge is 0.0134 e. The molecule has 0 bridgehead atoms. The van der Waals surface area contributed by atoms with Crippen LogP contribution in [-0.2, 0) is 0 Å². The molecule has 0 heterocycles. The van der Waals surface area contributed by atoms with E-state index >= 15 is 0 Å². The van der Waals surface area contributed by atoms with Crippen molar-refractivity contribution in [3.63, 3.8) is 0 Å². The van der Waals surface area contributed by atoms with Gasteiger partial charge < -0.3 is 0 Å². The molecule has 2 nitrogen and oxygen atoms in total. The first-order valence-electron chi connectivity index (χ1n) is 2.35. The SMILES string of the molecule is C=C(C)CCNN. The maximum Gasteiger partial charge on any atom is 0.0134 e. The first kappa shape index (κ1) is 6.66. The first-order valence-corrected chi connectivity index (χ1v) is 2.35.